The van der Waals surface area contributed by atoms with Crippen molar-refractivity contribution < 1.29 is 19.0 Å². The molecule has 22 heavy (non-hydrogen) atoms. The fraction of sp³-hybridized carbons (Fsp3) is 0.562. The first-order valence-corrected chi connectivity index (χ1v) is 7.53. The van der Waals surface area contributed by atoms with Crippen molar-refractivity contribution in [3.63, 3.8) is 0 Å². The maximum Gasteiger partial charge on any atom is 0.407 e. The van der Waals surface area contributed by atoms with Crippen molar-refractivity contribution in [1.82, 2.24) is 10.6 Å². The van der Waals surface area contributed by atoms with Crippen molar-refractivity contribution in [3.8, 4) is 11.5 Å². The van der Waals surface area contributed by atoms with Gasteiger partial charge in [0.1, 0.15) is 5.60 Å². The molecule has 1 aromatic rings. The fourth-order valence-corrected chi connectivity index (χ4v) is 2.41. The van der Waals surface area contributed by atoms with Gasteiger partial charge in [-0.25, -0.2) is 4.79 Å². The largest absolute Gasteiger partial charge is 0.454 e. The molecule has 1 aromatic carbocycles. The summed E-state index contributed by atoms with van der Waals surface area (Å²) in [5.41, 5.74) is 0.599. The molecule has 2 unspecified atom stereocenters. The highest BCUT2D eigenvalue weighted by Gasteiger charge is 2.39. The maximum absolute atomic E-state index is 11.7. The second-order valence-corrected chi connectivity index (χ2v) is 6.63. The van der Waals surface area contributed by atoms with Crippen LogP contribution in [0, 0.1) is 0 Å². The molecule has 0 aromatic heterocycles. The van der Waals surface area contributed by atoms with Crippen LogP contribution in [-0.2, 0) is 11.3 Å². The summed E-state index contributed by atoms with van der Waals surface area (Å²) in [5.74, 6) is 1.60. The number of hydrogen-bond acceptors (Lipinski definition) is 5. The number of fused-ring (bicyclic) bond motifs is 1. The van der Waals surface area contributed by atoms with Crippen LogP contribution in [0.25, 0.3) is 0 Å². The van der Waals surface area contributed by atoms with Crippen LogP contribution in [0.3, 0.4) is 0 Å². The fourth-order valence-electron chi connectivity index (χ4n) is 2.41. The molecule has 1 aliphatic carbocycles. The molecule has 1 aliphatic heterocycles. The summed E-state index contributed by atoms with van der Waals surface area (Å²) in [6.45, 7) is 6.52. The normalized spacial score (nSPS) is 22.3. The Morgan fingerprint density at radius 2 is 2.14 bits per heavy atom. The third-order valence-corrected chi connectivity index (χ3v) is 3.53. The summed E-state index contributed by atoms with van der Waals surface area (Å²) in [7, 11) is 0. The topological polar surface area (TPSA) is 68.8 Å². The lowest BCUT2D eigenvalue weighted by Crippen LogP contribution is -2.36. The smallest absolute Gasteiger partial charge is 0.407 e. The predicted octanol–water partition coefficient (Wildman–Crippen LogP) is 2.17. The molecule has 1 fully saturated rings. The molecule has 2 N–H and O–H groups in total. The zero-order valence-corrected chi connectivity index (χ0v) is 13.1. The van der Waals surface area contributed by atoms with Crippen molar-refractivity contribution in [2.75, 3.05) is 6.79 Å². The number of carbonyl (C=O) groups is 1. The molecule has 1 amide bonds. The van der Waals surface area contributed by atoms with E-state index >= 15 is 0 Å². The van der Waals surface area contributed by atoms with Gasteiger partial charge in [-0.15, -0.1) is 0 Å². The molecule has 1 heterocycles. The monoisotopic (exact) mass is 306 g/mol. The lowest BCUT2D eigenvalue weighted by molar-refractivity contribution is 0.0522. The van der Waals surface area contributed by atoms with Crippen molar-refractivity contribution in [2.45, 2.75) is 51.4 Å². The van der Waals surface area contributed by atoms with E-state index in [1.807, 2.05) is 39.0 Å². The summed E-state index contributed by atoms with van der Waals surface area (Å²) in [5, 5.41) is 6.28. The zero-order valence-electron chi connectivity index (χ0n) is 13.1. The highest BCUT2D eigenvalue weighted by Crippen LogP contribution is 2.35. The molecule has 3 rings (SSSR count). The Kier molecular flexibility index (Phi) is 3.87. The van der Waals surface area contributed by atoms with Crippen LogP contribution in [-0.4, -0.2) is 30.6 Å². The number of ether oxygens (including phenoxy) is 3. The van der Waals surface area contributed by atoms with E-state index in [0.717, 1.165) is 23.5 Å². The van der Waals surface area contributed by atoms with E-state index in [9.17, 15) is 4.79 Å². The molecule has 0 spiro atoms. The molecular formula is C16H22N2O4. The number of alkyl carbamates (subject to hydrolysis) is 1. The highest BCUT2D eigenvalue weighted by atomic mass is 16.7. The molecule has 0 bridgehead atoms. The third kappa shape index (κ3) is 3.62. The minimum absolute atomic E-state index is 0.128. The zero-order chi connectivity index (χ0) is 15.7. The van der Waals surface area contributed by atoms with Gasteiger partial charge >= 0.3 is 6.09 Å². The van der Waals surface area contributed by atoms with Crippen LogP contribution in [0.5, 0.6) is 11.5 Å². The van der Waals surface area contributed by atoms with Gasteiger partial charge in [0.05, 0.1) is 0 Å². The van der Waals surface area contributed by atoms with Crippen LogP contribution < -0.4 is 20.1 Å². The van der Waals surface area contributed by atoms with Gasteiger partial charge in [-0.05, 0) is 33.3 Å². The number of carbonyl (C=O) groups excluding carboxylic acids is 1. The molecule has 1 saturated carbocycles. The van der Waals surface area contributed by atoms with E-state index in [0.29, 0.717) is 6.54 Å². The maximum atomic E-state index is 11.7. The van der Waals surface area contributed by atoms with Crippen molar-refractivity contribution in [1.29, 1.82) is 0 Å². The summed E-state index contributed by atoms with van der Waals surface area (Å²) in [6, 6.07) is 6.26. The van der Waals surface area contributed by atoms with Crippen LogP contribution >= 0.6 is 0 Å². The standard InChI is InChI=1S/C16H22N2O4/c1-16(2,3)22-15(19)18-12-7-11(12)17-8-10-5-4-6-13-14(10)21-9-20-13/h4-6,11-12,17H,7-9H2,1-3H3,(H,18,19). The lowest BCUT2D eigenvalue weighted by atomic mass is 10.2. The Balaban J connectivity index is 1.45. The predicted molar refractivity (Wildman–Crippen MR) is 81.0 cm³/mol. The Labute approximate surface area is 130 Å². The molecule has 6 heteroatoms. The molecule has 120 valence electrons. The Hall–Kier alpha value is -1.95. The second kappa shape index (κ2) is 5.68. The van der Waals surface area contributed by atoms with E-state index in [1.165, 1.54) is 0 Å². The van der Waals surface area contributed by atoms with Gasteiger partial charge in [-0.3, -0.25) is 0 Å². The van der Waals surface area contributed by atoms with Gasteiger partial charge in [-0.1, -0.05) is 12.1 Å². The number of para-hydroxylation sites is 1. The molecular weight excluding hydrogens is 284 g/mol. The van der Waals surface area contributed by atoms with Crippen molar-refractivity contribution in [3.05, 3.63) is 23.8 Å². The molecule has 2 aliphatic rings. The van der Waals surface area contributed by atoms with E-state index in [1.54, 1.807) is 0 Å². The number of amides is 1. The van der Waals surface area contributed by atoms with Crippen LogP contribution in [0.4, 0.5) is 4.79 Å². The first-order valence-electron chi connectivity index (χ1n) is 7.53. The van der Waals surface area contributed by atoms with E-state index < -0.39 is 5.60 Å². The Morgan fingerprint density at radius 3 is 2.91 bits per heavy atom. The molecule has 0 radical (unpaired) electrons. The van der Waals surface area contributed by atoms with Gasteiger partial charge in [0.15, 0.2) is 11.5 Å². The Morgan fingerprint density at radius 1 is 1.32 bits per heavy atom. The van der Waals surface area contributed by atoms with Gasteiger partial charge in [0, 0.05) is 24.2 Å². The van der Waals surface area contributed by atoms with Crippen molar-refractivity contribution in [2.24, 2.45) is 0 Å². The summed E-state index contributed by atoms with van der Waals surface area (Å²) >= 11 is 0. The number of nitrogens with one attached hydrogen (secondary N) is 2. The molecule has 2 atom stereocenters. The molecule has 6 nitrogen and oxygen atoms in total. The first kappa shape index (κ1) is 15.0. The highest BCUT2D eigenvalue weighted by molar-refractivity contribution is 5.68. The van der Waals surface area contributed by atoms with Gasteiger partial charge < -0.3 is 24.8 Å². The summed E-state index contributed by atoms with van der Waals surface area (Å²) in [4.78, 5) is 11.7. The first-order chi connectivity index (χ1) is 10.4. The second-order valence-electron chi connectivity index (χ2n) is 6.63. The Bertz CT molecular complexity index is 568. The SMILES string of the molecule is CC(C)(C)OC(=O)NC1CC1NCc1cccc2c1OCO2. The molecule has 0 saturated heterocycles. The minimum atomic E-state index is -0.468. The number of hydrogen-bond donors (Lipinski definition) is 2. The van der Waals surface area contributed by atoms with Gasteiger partial charge in [0.2, 0.25) is 6.79 Å². The van der Waals surface area contributed by atoms with Gasteiger partial charge in [-0.2, -0.15) is 0 Å². The minimum Gasteiger partial charge on any atom is -0.454 e. The summed E-state index contributed by atoms with van der Waals surface area (Å²) in [6.07, 6.45) is 0.546. The van der Waals surface area contributed by atoms with E-state index in [4.69, 9.17) is 14.2 Å². The number of rotatable bonds is 4. The van der Waals surface area contributed by atoms with Crippen LogP contribution in [0.1, 0.15) is 32.8 Å². The number of benzene rings is 1. The van der Waals surface area contributed by atoms with Crippen LogP contribution in [0.2, 0.25) is 0 Å². The van der Waals surface area contributed by atoms with E-state index in [2.05, 4.69) is 10.6 Å². The van der Waals surface area contributed by atoms with Crippen LogP contribution in [0.15, 0.2) is 18.2 Å². The third-order valence-electron chi connectivity index (χ3n) is 3.53. The van der Waals surface area contributed by atoms with E-state index in [-0.39, 0.29) is 25.0 Å². The summed E-state index contributed by atoms with van der Waals surface area (Å²) < 4.78 is 16.1. The van der Waals surface area contributed by atoms with Crippen molar-refractivity contribution >= 4 is 6.09 Å². The lowest BCUT2D eigenvalue weighted by Gasteiger charge is -2.19. The average Bonchev–Trinajstić information content (AvgIpc) is 2.96. The van der Waals surface area contributed by atoms with Gasteiger partial charge in [0.25, 0.3) is 0 Å². The average molecular weight is 306 g/mol. The quantitative estimate of drug-likeness (QED) is 0.892.